The highest BCUT2D eigenvalue weighted by Gasteiger charge is 2.25. The minimum Gasteiger partial charge on any atom is -0.338 e. The van der Waals surface area contributed by atoms with Crippen LogP contribution >= 0.6 is 23.2 Å². The SMILES string of the molecule is O=C(c1ccncc1Cl)N1CCCC(CCCl)C1. The second kappa shape index (κ2) is 6.39. The fourth-order valence-electron chi connectivity index (χ4n) is 2.36. The summed E-state index contributed by atoms with van der Waals surface area (Å²) in [5.74, 6) is 1.17. The van der Waals surface area contributed by atoms with Crippen molar-refractivity contribution in [2.45, 2.75) is 19.3 Å². The number of hydrogen-bond acceptors (Lipinski definition) is 2. The number of likely N-dealkylation sites (tertiary alicyclic amines) is 1. The monoisotopic (exact) mass is 286 g/mol. The van der Waals surface area contributed by atoms with Crippen LogP contribution in [0.1, 0.15) is 29.6 Å². The molecule has 2 rings (SSSR count). The predicted octanol–water partition coefficient (Wildman–Crippen LogP) is 3.22. The molecule has 1 fully saturated rings. The minimum absolute atomic E-state index is 0.00155. The van der Waals surface area contributed by atoms with Gasteiger partial charge in [0.1, 0.15) is 0 Å². The van der Waals surface area contributed by atoms with Crippen LogP contribution in [0, 0.1) is 5.92 Å². The quantitative estimate of drug-likeness (QED) is 0.800. The van der Waals surface area contributed by atoms with E-state index in [1.165, 1.54) is 6.20 Å². The molecule has 1 aliphatic heterocycles. The lowest BCUT2D eigenvalue weighted by Gasteiger charge is -2.32. The molecule has 0 N–H and O–H groups in total. The smallest absolute Gasteiger partial charge is 0.255 e. The summed E-state index contributed by atoms with van der Waals surface area (Å²) < 4.78 is 0. The van der Waals surface area contributed by atoms with Crippen LogP contribution < -0.4 is 0 Å². The van der Waals surface area contributed by atoms with Crippen molar-refractivity contribution in [3.05, 3.63) is 29.0 Å². The summed E-state index contributed by atoms with van der Waals surface area (Å²) in [7, 11) is 0. The molecular formula is C13H16Cl2N2O. The fourth-order valence-corrected chi connectivity index (χ4v) is 2.87. The van der Waals surface area contributed by atoms with Crippen molar-refractivity contribution in [2.75, 3.05) is 19.0 Å². The van der Waals surface area contributed by atoms with Gasteiger partial charge in [-0.25, -0.2) is 0 Å². The number of halogens is 2. The molecule has 0 aromatic carbocycles. The first kappa shape index (κ1) is 13.6. The zero-order valence-corrected chi connectivity index (χ0v) is 11.6. The van der Waals surface area contributed by atoms with Crippen molar-refractivity contribution in [1.29, 1.82) is 0 Å². The van der Waals surface area contributed by atoms with E-state index < -0.39 is 0 Å². The summed E-state index contributed by atoms with van der Waals surface area (Å²) in [6.07, 6.45) is 6.26. The van der Waals surface area contributed by atoms with E-state index in [9.17, 15) is 4.79 Å². The van der Waals surface area contributed by atoms with Crippen LogP contribution in [0.25, 0.3) is 0 Å². The largest absolute Gasteiger partial charge is 0.338 e. The van der Waals surface area contributed by atoms with E-state index in [0.29, 0.717) is 22.4 Å². The summed E-state index contributed by atoms with van der Waals surface area (Å²) in [4.78, 5) is 18.1. The molecule has 1 saturated heterocycles. The standard InChI is InChI=1S/C13H16Cl2N2O/c14-5-3-10-2-1-7-17(9-10)13(18)11-4-6-16-8-12(11)15/h4,6,8,10H,1-3,5,7,9H2. The molecule has 0 bridgehead atoms. The number of aromatic nitrogens is 1. The van der Waals surface area contributed by atoms with Gasteiger partial charge in [-0.3, -0.25) is 9.78 Å². The number of amides is 1. The molecule has 1 unspecified atom stereocenters. The van der Waals surface area contributed by atoms with Crippen LogP contribution in [0.2, 0.25) is 5.02 Å². The van der Waals surface area contributed by atoms with Crippen molar-refractivity contribution in [2.24, 2.45) is 5.92 Å². The van der Waals surface area contributed by atoms with Crippen LogP contribution in [0.3, 0.4) is 0 Å². The lowest BCUT2D eigenvalue weighted by Crippen LogP contribution is -2.40. The third-order valence-corrected chi connectivity index (χ3v) is 3.85. The number of rotatable bonds is 3. The first-order chi connectivity index (χ1) is 8.72. The molecule has 1 aliphatic rings. The van der Waals surface area contributed by atoms with Gasteiger partial charge in [-0.05, 0) is 31.2 Å². The highest BCUT2D eigenvalue weighted by molar-refractivity contribution is 6.33. The van der Waals surface area contributed by atoms with Crippen LogP contribution in [0.15, 0.2) is 18.5 Å². The number of carbonyl (C=O) groups is 1. The van der Waals surface area contributed by atoms with Crippen molar-refractivity contribution in [1.82, 2.24) is 9.88 Å². The van der Waals surface area contributed by atoms with E-state index >= 15 is 0 Å². The van der Waals surface area contributed by atoms with Gasteiger partial charge in [0.2, 0.25) is 0 Å². The van der Waals surface area contributed by atoms with Crippen LogP contribution in [0.5, 0.6) is 0 Å². The lowest BCUT2D eigenvalue weighted by atomic mass is 9.95. The fraction of sp³-hybridized carbons (Fsp3) is 0.538. The van der Waals surface area contributed by atoms with Crippen LogP contribution in [-0.4, -0.2) is 34.8 Å². The Hall–Kier alpha value is -0.800. The summed E-state index contributed by atoms with van der Waals surface area (Å²) in [5.41, 5.74) is 0.540. The molecule has 18 heavy (non-hydrogen) atoms. The maximum Gasteiger partial charge on any atom is 0.255 e. The van der Waals surface area contributed by atoms with Crippen molar-refractivity contribution in [3.63, 3.8) is 0 Å². The van der Waals surface area contributed by atoms with Gasteiger partial charge >= 0.3 is 0 Å². The molecular weight excluding hydrogens is 271 g/mol. The molecule has 1 aromatic rings. The van der Waals surface area contributed by atoms with Crippen molar-refractivity contribution in [3.8, 4) is 0 Å². The van der Waals surface area contributed by atoms with E-state index in [2.05, 4.69) is 4.98 Å². The highest BCUT2D eigenvalue weighted by atomic mass is 35.5. The lowest BCUT2D eigenvalue weighted by molar-refractivity contribution is 0.0671. The number of hydrogen-bond donors (Lipinski definition) is 0. The maximum atomic E-state index is 12.4. The van der Waals surface area contributed by atoms with Gasteiger partial charge in [-0.1, -0.05) is 11.6 Å². The zero-order chi connectivity index (χ0) is 13.0. The van der Waals surface area contributed by atoms with Crippen LogP contribution in [0.4, 0.5) is 0 Å². The Morgan fingerprint density at radius 3 is 3.11 bits per heavy atom. The summed E-state index contributed by atoms with van der Waals surface area (Å²) >= 11 is 11.8. The second-order valence-electron chi connectivity index (χ2n) is 4.59. The van der Waals surface area contributed by atoms with Gasteiger partial charge in [-0.2, -0.15) is 0 Å². The van der Waals surface area contributed by atoms with Gasteiger partial charge in [0.15, 0.2) is 0 Å². The molecule has 3 nitrogen and oxygen atoms in total. The van der Waals surface area contributed by atoms with E-state index in [1.54, 1.807) is 12.3 Å². The highest BCUT2D eigenvalue weighted by Crippen LogP contribution is 2.23. The Labute approximate surface area is 117 Å². The van der Waals surface area contributed by atoms with Crippen molar-refractivity contribution < 1.29 is 4.79 Å². The Morgan fingerprint density at radius 2 is 2.39 bits per heavy atom. The molecule has 1 amide bonds. The summed E-state index contributed by atoms with van der Waals surface area (Å²) in [6, 6.07) is 1.68. The topological polar surface area (TPSA) is 33.2 Å². The van der Waals surface area contributed by atoms with Gasteiger partial charge < -0.3 is 4.90 Å². The van der Waals surface area contributed by atoms with Gasteiger partial charge in [0.25, 0.3) is 5.91 Å². The number of nitrogens with zero attached hydrogens (tertiary/aromatic N) is 2. The molecule has 0 radical (unpaired) electrons. The predicted molar refractivity (Wildman–Crippen MR) is 73.2 cm³/mol. The van der Waals surface area contributed by atoms with Gasteiger partial charge in [0, 0.05) is 31.4 Å². The van der Waals surface area contributed by atoms with Gasteiger partial charge in [-0.15, -0.1) is 11.6 Å². The summed E-state index contributed by atoms with van der Waals surface area (Å²) in [6.45, 7) is 1.58. The molecule has 0 saturated carbocycles. The first-order valence-corrected chi connectivity index (χ1v) is 7.08. The number of pyridine rings is 1. The average molecular weight is 287 g/mol. The van der Waals surface area contributed by atoms with Gasteiger partial charge in [0.05, 0.1) is 10.6 Å². The molecule has 5 heteroatoms. The number of alkyl halides is 1. The molecule has 0 aliphatic carbocycles. The third-order valence-electron chi connectivity index (χ3n) is 3.33. The minimum atomic E-state index is 0.00155. The Balaban J connectivity index is 2.07. The molecule has 0 spiro atoms. The molecule has 1 aromatic heterocycles. The average Bonchev–Trinajstić information content (AvgIpc) is 2.39. The molecule has 1 atom stereocenters. The third kappa shape index (κ3) is 3.15. The molecule has 98 valence electrons. The van der Waals surface area contributed by atoms with E-state index in [4.69, 9.17) is 23.2 Å². The Morgan fingerprint density at radius 1 is 1.56 bits per heavy atom. The maximum absolute atomic E-state index is 12.4. The first-order valence-electron chi connectivity index (χ1n) is 6.17. The van der Waals surface area contributed by atoms with E-state index in [-0.39, 0.29) is 5.91 Å². The molecule has 2 heterocycles. The van der Waals surface area contributed by atoms with E-state index in [0.717, 1.165) is 32.4 Å². The normalized spacial score (nSPS) is 19.9. The Kier molecular flexibility index (Phi) is 4.84. The van der Waals surface area contributed by atoms with Crippen molar-refractivity contribution >= 4 is 29.1 Å². The van der Waals surface area contributed by atoms with Crippen LogP contribution in [-0.2, 0) is 0 Å². The van der Waals surface area contributed by atoms with E-state index in [1.807, 2.05) is 4.90 Å². The zero-order valence-electron chi connectivity index (χ0n) is 10.1. The summed E-state index contributed by atoms with van der Waals surface area (Å²) in [5, 5.41) is 0.418. The number of piperidine rings is 1. The Bertz CT molecular complexity index is 423. The number of carbonyl (C=O) groups excluding carboxylic acids is 1. The second-order valence-corrected chi connectivity index (χ2v) is 5.38.